The van der Waals surface area contributed by atoms with E-state index >= 15 is 0 Å². The van der Waals surface area contributed by atoms with Gasteiger partial charge in [-0.3, -0.25) is 8.80 Å². The summed E-state index contributed by atoms with van der Waals surface area (Å²) < 4.78 is 25.4. The molecule has 112 heavy (non-hydrogen) atoms. The van der Waals surface area contributed by atoms with Gasteiger partial charge in [0.1, 0.15) is 51.3 Å². The molecule has 0 aliphatic heterocycles. The summed E-state index contributed by atoms with van der Waals surface area (Å²) in [6.07, 6.45) is 23.0. The van der Waals surface area contributed by atoms with Gasteiger partial charge in [0.15, 0.2) is 22.6 Å². The number of rotatable bonds is 0. The number of aryl methyl sites for hydroxylation is 14. The molecule has 24 rings (SSSR count). The number of fused-ring (bicyclic) bond motifs is 24. The summed E-state index contributed by atoms with van der Waals surface area (Å²) in [4.78, 5) is 33.5. The van der Waals surface area contributed by atoms with Gasteiger partial charge in [0, 0.05) is 173 Å². The summed E-state index contributed by atoms with van der Waals surface area (Å²) in [5.41, 5.74) is 34.2. The number of nitrogens with one attached hydrogen (secondary N) is 2. The highest BCUT2D eigenvalue weighted by molar-refractivity contribution is 5.94. The molecule has 0 amide bonds. The molecule has 2 aliphatic rings. The van der Waals surface area contributed by atoms with Crippen molar-refractivity contribution >= 4 is 100.0 Å². The zero-order chi connectivity index (χ0) is 75.9. The predicted octanol–water partition coefficient (Wildman–Crippen LogP) is 19.9. The number of para-hydroxylation sites is 1. The fraction of sp³-hybridized carbons (Fsp3) is 0.196. The molecule has 0 fully saturated rings. The van der Waals surface area contributed by atoms with E-state index in [0.29, 0.717) is 0 Å². The predicted molar refractivity (Wildman–Crippen MR) is 459 cm³/mol. The highest BCUT2D eigenvalue weighted by Crippen LogP contribution is 2.39. The van der Waals surface area contributed by atoms with E-state index < -0.39 is 0 Å². The number of aromatic amines is 2. The second-order valence-corrected chi connectivity index (χ2v) is 28.8. The lowest BCUT2D eigenvalue weighted by atomic mass is 10.1. The van der Waals surface area contributed by atoms with Crippen LogP contribution in [0.5, 0.6) is 0 Å². The van der Waals surface area contributed by atoms with Crippen molar-refractivity contribution < 1.29 is 0 Å². The van der Waals surface area contributed by atoms with Crippen LogP contribution in [0.3, 0.4) is 0 Å². The van der Waals surface area contributed by atoms with Gasteiger partial charge in [0.25, 0.3) is 0 Å². The van der Waals surface area contributed by atoms with E-state index in [-0.39, 0.29) is 14.9 Å². The molecule has 20 heteroatoms. The Bertz CT molecular complexity index is 6630. The fourth-order valence-electron chi connectivity index (χ4n) is 15.7. The minimum atomic E-state index is 0. The fourth-order valence-corrected chi connectivity index (χ4v) is 15.7. The monoisotopic (exact) mass is 1480 g/mol. The van der Waals surface area contributed by atoms with E-state index in [1.165, 1.54) is 122 Å². The molecule has 0 saturated heterocycles. The Balaban J connectivity index is 0.000000101. The minimum absolute atomic E-state index is 0. The Morgan fingerprint density at radius 2 is 1.00 bits per heavy atom. The second-order valence-electron chi connectivity index (χ2n) is 28.8. The molecule has 3 aromatic carbocycles. The maximum atomic E-state index is 4.54. The van der Waals surface area contributed by atoms with Crippen molar-refractivity contribution in [2.75, 3.05) is 0 Å². The molecule has 0 radical (unpaired) electrons. The average molecular weight is 1480 g/mol. The number of aromatic nitrogens is 20. The Labute approximate surface area is 650 Å². The van der Waals surface area contributed by atoms with Gasteiger partial charge >= 0.3 is 0 Å². The van der Waals surface area contributed by atoms with Gasteiger partial charge in [0.05, 0.1) is 33.1 Å². The van der Waals surface area contributed by atoms with Crippen molar-refractivity contribution in [3.63, 3.8) is 0 Å². The lowest BCUT2D eigenvalue weighted by Gasteiger charge is -1.99. The summed E-state index contributed by atoms with van der Waals surface area (Å²) in [7, 11) is 12.3. The molecular weight excluding hydrogens is 1390 g/mol. The first-order valence-electron chi connectivity index (χ1n) is 37.2. The van der Waals surface area contributed by atoms with Crippen LogP contribution in [0.2, 0.25) is 0 Å². The molecule has 20 nitrogen and oxygen atoms in total. The third-order valence-corrected chi connectivity index (χ3v) is 22.0. The molecule has 19 aromatic heterocycles. The van der Waals surface area contributed by atoms with E-state index in [0.717, 1.165) is 81.1 Å². The first-order chi connectivity index (χ1) is 53.3. The van der Waals surface area contributed by atoms with Crippen molar-refractivity contribution in [2.24, 2.45) is 42.3 Å². The van der Waals surface area contributed by atoms with Crippen LogP contribution in [0.15, 0.2) is 244 Å². The number of hydrogen-bond acceptors (Lipinski definition) is 6. The molecule has 2 aliphatic carbocycles. The molecule has 0 saturated carbocycles. The zero-order valence-corrected chi connectivity index (χ0v) is 64.6. The Morgan fingerprint density at radius 1 is 0.393 bits per heavy atom. The van der Waals surface area contributed by atoms with E-state index in [9.17, 15) is 0 Å². The molecular formula is C92H96N20. The van der Waals surface area contributed by atoms with Gasteiger partial charge in [-0.25, -0.2) is 29.9 Å². The van der Waals surface area contributed by atoms with E-state index in [1.807, 2.05) is 137 Å². The Hall–Kier alpha value is -13.6. The number of pyridine rings is 5. The van der Waals surface area contributed by atoms with Gasteiger partial charge in [-0.1, -0.05) is 112 Å². The van der Waals surface area contributed by atoms with E-state index in [2.05, 4.69) is 298 Å². The normalized spacial score (nSPS) is 11.6. The van der Waals surface area contributed by atoms with Crippen LogP contribution in [0.25, 0.3) is 122 Å². The SMILES string of the molecule is C.C.Cc1[nH]cc2c1-c1ccccc1C2.Cc1c2c(cc3ccccn32)cn1C.Cc1cc2c([nH]1)Cc1ccccc1-2.Cc1cn2c3ccccc3cc2n1C.Cc1nc2c(cn3ccccc23)n1C.Cc1nc2c(nc3ccccn32)n1C.Cc1nc2cn3ccccc3c2n1C.Cc1nc2nc3ccccn3c2n1C. The zero-order valence-electron chi connectivity index (χ0n) is 64.6. The minimum Gasteiger partial charge on any atom is -0.364 e. The Kier molecular flexibility index (Phi) is 19.6. The number of hydrogen-bond donors (Lipinski definition) is 2. The van der Waals surface area contributed by atoms with Crippen LogP contribution in [0.1, 0.15) is 83.3 Å². The summed E-state index contributed by atoms with van der Waals surface area (Å²) in [5.74, 6) is 4.09. The Morgan fingerprint density at radius 3 is 1.77 bits per heavy atom. The molecule has 0 spiro atoms. The third kappa shape index (κ3) is 13.0. The van der Waals surface area contributed by atoms with Crippen LogP contribution < -0.4 is 0 Å². The second kappa shape index (κ2) is 29.7. The molecule has 22 aromatic rings. The summed E-state index contributed by atoms with van der Waals surface area (Å²) in [6.45, 7) is 16.6. The quantitative estimate of drug-likeness (QED) is 0.153. The smallest absolute Gasteiger partial charge is 0.198 e. The molecule has 19 heterocycles. The topological polar surface area (TPSA) is 165 Å². The highest BCUT2D eigenvalue weighted by Gasteiger charge is 2.22. The number of imidazole rings is 7. The van der Waals surface area contributed by atoms with Crippen molar-refractivity contribution in [2.45, 2.75) is 83.1 Å². The number of benzene rings is 3. The molecule has 2 N–H and O–H groups in total. The van der Waals surface area contributed by atoms with E-state index in [1.54, 1.807) is 0 Å². The van der Waals surface area contributed by atoms with Crippen molar-refractivity contribution in [3.8, 4) is 22.3 Å². The summed E-state index contributed by atoms with van der Waals surface area (Å²) in [6, 6.07) is 63.0. The van der Waals surface area contributed by atoms with Crippen LogP contribution in [-0.2, 0) is 55.1 Å². The maximum absolute atomic E-state index is 4.54. The highest BCUT2D eigenvalue weighted by atomic mass is 15.2. The van der Waals surface area contributed by atoms with Gasteiger partial charge in [-0.15, -0.1) is 0 Å². The standard InChI is InChI=1S/2C12H12N2.2C12H11N.2C11H11N3.2C10H10N4.2CH4/c1-9-12-10(8-13(9)2)7-11-5-3-4-6-14(11)12;1-9-8-14-11-6-4-3-5-10(11)7-12(14)13(9)2;1-8-12-10(7-13-8)6-9-4-2-3-5-11(9)12;1-8-6-11-10-5-3-2-4-9(10)7-12(11)13-8;1-8-12-9-7-14-6-4-3-5-10(14)11(9)13(8)2;1-8-12-11-9-5-3-4-6-14(9)7-10(11)13(8)2;1-7-11-10-9(13(7)2)12-8-5-3-4-6-14(8)10;1-7-11-9-10(13(7)2)14-6-4-3-5-8(14)12-9;;/h2*3-8H,1-2H3;2-5,7,13H,6H2,1H3;2-6,13H,7H2,1H3;2*3-7H,1-2H3;2*3-6H,1-2H3;2*1H4. The lowest BCUT2D eigenvalue weighted by Crippen LogP contribution is -1.95. The maximum Gasteiger partial charge on any atom is 0.198 e. The van der Waals surface area contributed by atoms with Crippen LogP contribution in [0.4, 0.5) is 0 Å². The number of H-pyrrole nitrogens is 2. The van der Waals surface area contributed by atoms with Gasteiger partial charge in [-0.2, -0.15) is 0 Å². The van der Waals surface area contributed by atoms with Crippen LogP contribution in [0, 0.1) is 55.4 Å². The first-order valence-corrected chi connectivity index (χ1v) is 37.2. The average Bonchev–Trinajstić information content (AvgIpc) is 1.58. The summed E-state index contributed by atoms with van der Waals surface area (Å²) >= 11 is 0. The van der Waals surface area contributed by atoms with Gasteiger partial charge in [0.2, 0.25) is 0 Å². The van der Waals surface area contributed by atoms with Crippen LogP contribution in [-0.4, -0.2) is 93.7 Å². The third-order valence-electron chi connectivity index (χ3n) is 22.0. The summed E-state index contributed by atoms with van der Waals surface area (Å²) in [5, 5.41) is 2.62. The van der Waals surface area contributed by atoms with Gasteiger partial charge in [-0.05, 0) is 168 Å². The van der Waals surface area contributed by atoms with Crippen molar-refractivity contribution in [1.82, 2.24) is 93.7 Å². The van der Waals surface area contributed by atoms with Gasteiger partial charge < -0.3 is 55.0 Å². The van der Waals surface area contributed by atoms with E-state index in [4.69, 9.17) is 0 Å². The van der Waals surface area contributed by atoms with Crippen LogP contribution >= 0.6 is 0 Å². The first kappa shape index (κ1) is 73.9. The van der Waals surface area contributed by atoms with Crippen molar-refractivity contribution in [3.05, 3.63) is 312 Å². The molecule has 564 valence electrons. The molecule has 0 unspecified atom stereocenters. The largest absolute Gasteiger partial charge is 0.364 e. The molecule has 0 bridgehead atoms. The number of nitrogens with zero attached hydrogens (tertiary/aromatic N) is 18. The van der Waals surface area contributed by atoms with Crippen molar-refractivity contribution in [1.29, 1.82) is 0 Å². The lowest BCUT2D eigenvalue weighted by molar-refractivity contribution is 0.864. The molecule has 0 atom stereocenters.